The zero-order valence-corrected chi connectivity index (χ0v) is 15.8. The molecule has 6 heteroatoms. The van der Waals surface area contributed by atoms with Crippen molar-refractivity contribution >= 4 is 27.5 Å². The third-order valence-corrected chi connectivity index (χ3v) is 6.95. The van der Waals surface area contributed by atoms with Gasteiger partial charge in [-0.25, -0.2) is 8.42 Å². The first kappa shape index (κ1) is 18.3. The van der Waals surface area contributed by atoms with Crippen LogP contribution in [0.5, 0.6) is 0 Å². The second-order valence-electron chi connectivity index (χ2n) is 7.51. The molecule has 0 spiro atoms. The van der Waals surface area contributed by atoms with E-state index in [4.69, 9.17) is 0 Å². The number of carbonyl (C=O) groups is 1. The van der Waals surface area contributed by atoms with Crippen molar-refractivity contribution in [3.05, 3.63) is 29.8 Å². The summed E-state index contributed by atoms with van der Waals surface area (Å²) < 4.78 is 23.1. The van der Waals surface area contributed by atoms with E-state index < -0.39 is 15.4 Å². The summed E-state index contributed by atoms with van der Waals surface area (Å²) in [5.41, 5.74) is 0.755. The van der Waals surface area contributed by atoms with Gasteiger partial charge in [-0.15, -0.1) is 11.8 Å². The molecule has 1 saturated heterocycles. The molecule has 0 radical (unpaired) electrons. The van der Waals surface area contributed by atoms with E-state index in [0.29, 0.717) is 12.2 Å². The molecule has 1 fully saturated rings. The van der Waals surface area contributed by atoms with Crippen molar-refractivity contribution in [3.8, 4) is 0 Å². The quantitative estimate of drug-likeness (QED) is 0.844. The van der Waals surface area contributed by atoms with Crippen LogP contribution in [0.4, 0.5) is 0 Å². The van der Waals surface area contributed by atoms with Gasteiger partial charge in [0.2, 0.25) is 5.91 Å². The lowest BCUT2D eigenvalue weighted by Gasteiger charge is -2.23. The van der Waals surface area contributed by atoms with Crippen LogP contribution < -0.4 is 5.32 Å². The lowest BCUT2D eigenvalue weighted by Crippen LogP contribution is -2.47. The Morgan fingerprint density at radius 2 is 1.87 bits per heavy atom. The van der Waals surface area contributed by atoms with E-state index in [1.807, 2.05) is 12.1 Å². The third kappa shape index (κ3) is 5.24. The molecule has 2 rings (SSSR count). The van der Waals surface area contributed by atoms with Gasteiger partial charge in [-0.05, 0) is 36.5 Å². The molecule has 1 amide bonds. The van der Waals surface area contributed by atoms with Gasteiger partial charge in [0.15, 0.2) is 9.84 Å². The molecule has 128 valence electrons. The fraction of sp³-hybridized carbons (Fsp3) is 0.588. The summed E-state index contributed by atoms with van der Waals surface area (Å²) in [6.45, 7) is 8.30. The molecule has 1 atom stereocenters. The number of carbonyl (C=O) groups excluding carboxylic acids is 1. The van der Waals surface area contributed by atoms with E-state index in [-0.39, 0.29) is 22.8 Å². The molecular formula is C17H25NO3S2. The van der Waals surface area contributed by atoms with Crippen molar-refractivity contribution in [1.82, 2.24) is 5.32 Å². The molecule has 23 heavy (non-hydrogen) atoms. The normalized spacial score (nSPS) is 23.7. The second-order valence-corrected chi connectivity index (χ2v) is 10.7. The molecule has 0 aromatic heterocycles. The van der Waals surface area contributed by atoms with E-state index in [1.165, 1.54) is 17.3 Å². The highest BCUT2D eigenvalue weighted by Crippen LogP contribution is 2.26. The van der Waals surface area contributed by atoms with Crippen molar-refractivity contribution < 1.29 is 13.2 Å². The maximum absolute atomic E-state index is 12.1. The van der Waals surface area contributed by atoms with E-state index in [2.05, 4.69) is 38.2 Å². The minimum Gasteiger partial charge on any atom is -0.349 e. The molecule has 1 aromatic rings. The molecule has 1 unspecified atom stereocenters. The van der Waals surface area contributed by atoms with Gasteiger partial charge in [-0.3, -0.25) is 4.79 Å². The van der Waals surface area contributed by atoms with Gasteiger partial charge < -0.3 is 5.32 Å². The van der Waals surface area contributed by atoms with Crippen LogP contribution in [0.3, 0.4) is 0 Å². The smallest absolute Gasteiger partial charge is 0.230 e. The summed E-state index contributed by atoms with van der Waals surface area (Å²) in [4.78, 5) is 13.1. The van der Waals surface area contributed by atoms with Crippen LogP contribution in [0.1, 0.15) is 39.7 Å². The molecule has 1 aromatic carbocycles. The minimum atomic E-state index is -3.01. The van der Waals surface area contributed by atoms with Crippen molar-refractivity contribution in [2.75, 3.05) is 17.3 Å². The second kappa shape index (κ2) is 6.48. The van der Waals surface area contributed by atoms with Crippen molar-refractivity contribution in [3.63, 3.8) is 0 Å². The molecule has 1 N–H and O–H groups in total. The van der Waals surface area contributed by atoms with Crippen molar-refractivity contribution in [1.29, 1.82) is 0 Å². The molecule has 1 heterocycles. The number of nitrogens with one attached hydrogen (secondary N) is 1. The van der Waals surface area contributed by atoms with Crippen LogP contribution >= 0.6 is 11.8 Å². The van der Waals surface area contributed by atoms with E-state index in [9.17, 15) is 13.2 Å². The predicted octanol–water partition coefficient (Wildman–Crippen LogP) is 2.77. The Labute approximate surface area is 143 Å². The molecular weight excluding hydrogens is 330 g/mol. The monoisotopic (exact) mass is 355 g/mol. The third-order valence-electron chi connectivity index (χ3n) is 4.03. The summed E-state index contributed by atoms with van der Waals surface area (Å²) in [5, 5.41) is 2.88. The molecule has 0 aliphatic carbocycles. The van der Waals surface area contributed by atoms with Gasteiger partial charge in [-0.2, -0.15) is 0 Å². The van der Waals surface area contributed by atoms with E-state index in [0.717, 1.165) is 4.90 Å². The van der Waals surface area contributed by atoms with Crippen LogP contribution in [0, 0.1) is 0 Å². The largest absolute Gasteiger partial charge is 0.349 e. The summed E-state index contributed by atoms with van der Waals surface area (Å²) in [6.07, 6.45) is 0.492. The summed E-state index contributed by atoms with van der Waals surface area (Å²) in [7, 11) is -3.01. The Bertz CT molecular complexity index is 675. The summed E-state index contributed by atoms with van der Waals surface area (Å²) in [6, 6.07) is 8.23. The van der Waals surface area contributed by atoms with Crippen LogP contribution in [0.2, 0.25) is 0 Å². The van der Waals surface area contributed by atoms with Crippen LogP contribution in [0.25, 0.3) is 0 Å². The first-order valence-electron chi connectivity index (χ1n) is 7.74. The van der Waals surface area contributed by atoms with Gasteiger partial charge in [0, 0.05) is 4.90 Å². The number of hydrogen-bond acceptors (Lipinski definition) is 4. The average Bonchev–Trinajstić information content (AvgIpc) is 2.69. The fourth-order valence-electron chi connectivity index (χ4n) is 2.68. The van der Waals surface area contributed by atoms with Crippen molar-refractivity contribution in [2.45, 2.75) is 50.0 Å². The van der Waals surface area contributed by atoms with Crippen LogP contribution in [-0.4, -0.2) is 37.1 Å². The number of hydrogen-bond donors (Lipinski definition) is 1. The average molecular weight is 356 g/mol. The lowest BCUT2D eigenvalue weighted by molar-refractivity contribution is -0.120. The van der Waals surface area contributed by atoms with Crippen LogP contribution in [-0.2, 0) is 20.0 Å². The number of amides is 1. The van der Waals surface area contributed by atoms with E-state index in [1.54, 1.807) is 6.92 Å². The van der Waals surface area contributed by atoms with Crippen LogP contribution in [0.15, 0.2) is 29.2 Å². The van der Waals surface area contributed by atoms with Gasteiger partial charge >= 0.3 is 0 Å². The van der Waals surface area contributed by atoms with Gasteiger partial charge in [-0.1, -0.05) is 32.9 Å². The summed E-state index contributed by atoms with van der Waals surface area (Å²) >= 11 is 1.47. The first-order valence-corrected chi connectivity index (χ1v) is 10.5. The van der Waals surface area contributed by atoms with Gasteiger partial charge in [0.1, 0.15) is 0 Å². The molecule has 4 nitrogen and oxygen atoms in total. The Kier molecular flexibility index (Phi) is 5.16. The highest BCUT2D eigenvalue weighted by atomic mass is 32.2. The maximum atomic E-state index is 12.1. The van der Waals surface area contributed by atoms with Gasteiger partial charge in [0.25, 0.3) is 0 Å². The Morgan fingerprint density at radius 3 is 2.35 bits per heavy atom. The minimum absolute atomic E-state index is 0.0384. The fourth-order valence-corrected chi connectivity index (χ4v) is 5.47. The Balaban J connectivity index is 1.87. The number of rotatable bonds is 4. The SMILES string of the molecule is CC1(NC(=O)CSc2ccc(C(C)(C)C)cc2)CCS(=O)(=O)C1. The maximum Gasteiger partial charge on any atom is 0.230 e. The van der Waals surface area contributed by atoms with Gasteiger partial charge in [0.05, 0.1) is 22.8 Å². The zero-order chi connectivity index (χ0) is 17.3. The van der Waals surface area contributed by atoms with E-state index >= 15 is 0 Å². The predicted molar refractivity (Wildman–Crippen MR) is 95.7 cm³/mol. The summed E-state index contributed by atoms with van der Waals surface area (Å²) in [5.74, 6) is 0.376. The highest BCUT2D eigenvalue weighted by Gasteiger charge is 2.39. The number of thioether (sulfide) groups is 1. The lowest BCUT2D eigenvalue weighted by atomic mass is 9.87. The Morgan fingerprint density at radius 1 is 1.26 bits per heavy atom. The Hall–Kier alpha value is -1.01. The molecule has 1 aliphatic rings. The molecule has 0 saturated carbocycles. The number of benzene rings is 1. The standard InChI is InChI=1S/C17H25NO3S2/c1-16(2,3)13-5-7-14(8-6-13)22-11-15(19)18-17(4)9-10-23(20,21)12-17/h5-8H,9-12H2,1-4H3,(H,18,19). The molecule has 1 aliphatic heterocycles. The highest BCUT2D eigenvalue weighted by molar-refractivity contribution is 8.00. The zero-order valence-electron chi connectivity index (χ0n) is 14.2. The topological polar surface area (TPSA) is 63.2 Å². The number of sulfone groups is 1. The first-order chi connectivity index (χ1) is 10.5. The van der Waals surface area contributed by atoms with Crippen molar-refractivity contribution in [2.24, 2.45) is 0 Å². The molecule has 0 bridgehead atoms.